The standard InChI is InChI=1S/C14H23N/c1-4-13-8-10-14(11-9-13)7-6-12(3)15-5-2/h8-12,15H,4-7H2,1-3H3. The van der Waals surface area contributed by atoms with Gasteiger partial charge in [0.25, 0.3) is 0 Å². The maximum atomic E-state index is 3.44. The molecule has 0 aliphatic rings. The highest BCUT2D eigenvalue weighted by Gasteiger charge is 2.00. The molecule has 1 N–H and O–H groups in total. The second-order valence-electron chi connectivity index (χ2n) is 4.17. The Hall–Kier alpha value is -0.820. The average Bonchev–Trinajstić information content (AvgIpc) is 2.27. The first-order chi connectivity index (χ1) is 7.26. The van der Waals surface area contributed by atoms with Crippen LogP contribution in [0.15, 0.2) is 24.3 Å². The first-order valence-corrected chi connectivity index (χ1v) is 6.07. The fourth-order valence-corrected chi connectivity index (χ4v) is 1.78. The van der Waals surface area contributed by atoms with Crippen LogP contribution in [0.2, 0.25) is 0 Å². The molecule has 0 saturated carbocycles. The predicted molar refractivity (Wildman–Crippen MR) is 67.3 cm³/mol. The molecular formula is C14H23N. The van der Waals surface area contributed by atoms with E-state index in [4.69, 9.17) is 0 Å². The molecular weight excluding hydrogens is 182 g/mol. The molecule has 1 unspecified atom stereocenters. The van der Waals surface area contributed by atoms with Gasteiger partial charge in [-0.05, 0) is 43.9 Å². The van der Waals surface area contributed by atoms with Gasteiger partial charge in [0.1, 0.15) is 0 Å². The van der Waals surface area contributed by atoms with Crippen molar-refractivity contribution in [3.8, 4) is 0 Å². The van der Waals surface area contributed by atoms with Gasteiger partial charge < -0.3 is 5.32 Å². The van der Waals surface area contributed by atoms with Crippen LogP contribution in [0.1, 0.15) is 38.3 Å². The van der Waals surface area contributed by atoms with Crippen LogP contribution < -0.4 is 5.32 Å². The predicted octanol–water partition coefficient (Wildman–Crippen LogP) is 3.18. The van der Waals surface area contributed by atoms with Crippen molar-refractivity contribution in [3.05, 3.63) is 35.4 Å². The second kappa shape index (κ2) is 6.62. The molecule has 1 aromatic rings. The Morgan fingerprint density at radius 3 is 2.20 bits per heavy atom. The first kappa shape index (κ1) is 12.3. The minimum Gasteiger partial charge on any atom is -0.315 e. The van der Waals surface area contributed by atoms with Gasteiger partial charge in [0.2, 0.25) is 0 Å². The van der Waals surface area contributed by atoms with Gasteiger partial charge in [0.05, 0.1) is 0 Å². The van der Waals surface area contributed by atoms with Crippen LogP contribution in [-0.4, -0.2) is 12.6 Å². The lowest BCUT2D eigenvalue weighted by Gasteiger charge is -2.11. The molecule has 1 aromatic carbocycles. The highest BCUT2D eigenvalue weighted by atomic mass is 14.9. The van der Waals surface area contributed by atoms with Gasteiger partial charge in [-0.2, -0.15) is 0 Å². The topological polar surface area (TPSA) is 12.0 Å². The Morgan fingerprint density at radius 2 is 1.67 bits per heavy atom. The number of aryl methyl sites for hydroxylation is 2. The molecule has 84 valence electrons. The summed E-state index contributed by atoms with van der Waals surface area (Å²) >= 11 is 0. The number of rotatable bonds is 6. The lowest BCUT2D eigenvalue weighted by Crippen LogP contribution is -2.25. The number of benzene rings is 1. The Kier molecular flexibility index (Phi) is 5.41. The van der Waals surface area contributed by atoms with Crippen molar-refractivity contribution >= 4 is 0 Å². The van der Waals surface area contributed by atoms with Crippen molar-refractivity contribution in [3.63, 3.8) is 0 Å². The van der Waals surface area contributed by atoms with Crippen LogP contribution in [0, 0.1) is 0 Å². The quantitative estimate of drug-likeness (QED) is 0.752. The van der Waals surface area contributed by atoms with Crippen LogP contribution in [0.4, 0.5) is 0 Å². The molecule has 0 bridgehead atoms. The highest BCUT2D eigenvalue weighted by molar-refractivity contribution is 5.22. The van der Waals surface area contributed by atoms with E-state index in [-0.39, 0.29) is 0 Å². The van der Waals surface area contributed by atoms with Crippen LogP contribution in [0.5, 0.6) is 0 Å². The molecule has 0 saturated heterocycles. The molecule has 0 heterocycles. The summed E-state index contributed by atoms with van der Waals surface area (Å²) in [4.78, 5) is 0. The molecule has 0 spiro atoms. The van der Waals surface area contributed by atoms with Crippen molar-refractivity contribution in [2.24, 2.45) is 0 Å². The Balaban J connectivity index is 2.37. The van der Waals surface area contributed by atoms with Gasteiger partial charge in [-0.15, -0.1) is 0 Å². The molecule has 0 aromatic heterocycles. The van der Waals surface area contributed by atoms with Crippen LogP contribution in [-0.2, 0) is 12.8 Å². The Labute approximate surface area is 93.9 Å². The minimum absolute atomic E-state index is 0.626. The maximum Gasteiger partial charge on any atom is 0.00417 e. The molecule has 15 heavy (non-hydrogen) atoms. The lowest BCUT2D eigenvalue weighted by atomic mass is 10.0. The van der Waals surface area contributed by atoms with Gasteiger partial charge in [-0.25, -0.2) is 0 Å². The van der Waals surface area contributed by atoms with E-state index in [1.54, 1.807) is 0 Å². The Bertz CT molecular complexity index is 263. The van der Waals surface area contributed by atoms with Crippen molar-refractivity contribution in [2.75, 3.05) is 6.54 Å². The van der Waals surface area contributed by atoms with Crippen LogP contribution in [0.3, 0.4) is 0 Å². The fraction of sp³-hybridized carbons (Fsp3) is 0.571. The summed E-state index contributed by atoms with van der Waals surface area (Å²) in [5, 5.41) is 3.44. The molecule has 0 aliphatic heterocycles. The van der Waals surface area contributed by atoms with Gasteiger partial charge in [-0.1, -0.05) is 38.1 Å². The van der Waals surface area contributed by atoms with Crippen molar-refractivity contribution in [2.45, 2.75) is 46.1 Å². The zero-order valence-electron chi connectivity index (χ0n) is 10.2. The SMILES string of the molecule is CCNC(C)CCc1ccc(CC)cc1. The van der Waals surface area contributed by atoms with E-state index < -0.39 is 0 Å². The van der Waals surface area contributed by atoms with Gasteiger partial charge >= 0.3 is 0 Å². The molecule has 0 fully saturated rings. The van der Waals surface area contributed by atoms with Gasteiger partial charge in [0.15, 0.2) is 0 Å². The van der Waals surface area contributed by atoms with Crippen molar-refractivity contribution in [1.82, 2.24) is 5.32 Å². The largest absolute Gasteiger partial charge is 0.315 e. The zero-order valence-corrected chi connectivity index (χ0v) is 10.2. The first-order valence-electron chi connectivity index (χ1n) is 6.07. The summed E-state index contributed by atoms with van der Waals surface area (Å²) in [5.74, 6) is 0. The molecule has 0 radical (unpaired) electrons. The third kappa shape index (κ3) is 4.48. The summed E-state index contributed by atoms with van der Waals surface area (Å²) in [6.07, 6.45) is 3.53. The third-order valence-electron chi connectivity index (χ3n) is 2.85. The molecule has 1 nitrogen and oxygen atoms in total. The highest BCUT2D eigenvalue weighted by Crippen LogP contribution is 2.08. The third-order valence-corrected chi connectivity index (χ3v) is 2.85. The zero-order chi connectivity index (χ0) is 11.1. The molecule has 1 rings (SSSR count). The molecule has 0 amide bonds. The molecule has 1 heteroatoms. The summed E-state index contributed by atoms with van der Waals surface area (Å²) < 4.78 is 0. The van der Waals surface area contributed by atoms with E-state index in [1.807, 2.05) is 0 Å². The van der Waals surface area contributed by atoms with Crippen LogP contribution in [0.25, 0.3) is 0 Å². The van der Waals surface area contributed by atoms with E-state index in [2.05, 4.69) is 50.4 Å². The Morgan fingerprint density at radius 1 is 1.07 bits per heavy atom. The van der Waals surface area contributed by atoms with E-state index >= 15 is 0 Å². The summed E-state index contributed by atoms with van der Waals surface area (Å²) in [6, 6.07) is 9.64. The maximum absolute atomic E-state index is 3.44. The van der Waals surface area contributed by atoms with Gasteiger partial charge in [-0.3, -0.25) is 0 Å². The number of nitrogens with one attached hydrogen (secondary N) is 1. The summed E-state index contributed by atoms with van der Waals surface area (Å²) in [5.41, 5.74) is 2.88. The van der Waals surface area contributed by atoms with E-state index in [1.165, 1.54) is 24.0 Å². The van der Waals surface area contributed by atoms with E-state index in [9.17, 15) is 0 Å². The van der Waals surface area contributed by atoms with Gasteiger partial charge in [0, 0.05) is 6.04 Å². The summed E-state index contributed by atoms with van der Waals surface area (Å²) in [6.45, 7) is 7.68. The average molecular weight is 205 g/mol. The lowest BCUT2D eigenvalue weighted by molar-refractivity contribution is 0.530. The monoisotopic (exact) mass is 205 g/mol. The van der Waals surface area contributed by atoms with E-state index in [0.29, 0.717) is 6.04 Å². The second-order valence-corrected chi connectivity index (χ2v) is 4.17. The molecule has 0 aliphatic carbocycles. The normalized spacial score (nSPS) is 12.7. The van der Waals surface area contributed by atoms with Crippen molar-refractivity contribution < 1.29 is 0 Å². The number of hydrogen-bond donors (Lipinski definition) is 1. The number of hydrogen-bond acceptors (Lipinski definition) is 1. The van der Waals surface area contributed by atoms with Crippen molar-refractivity contribution in [1.29, 1.82) is 0 Å². The fourth-order valence-electron chi connectivity index (χ4n) is 1.78. The van der Waals surface area contributed by atoms with Crippen LogP contribution >= 0.6 is 0 Å². The van der Waals surface area contributed by atoms with E-state index in [0.717, 1.165) is 13.0 Å². The molecule has 1 atom stereocenters. The summed E-state index contributed by atoms with van der Waals surface area (Å²) in [7, 11) is 0. The smallest absolute Gasteiger partial charge is 0.00417 e. The minimum atomic E-state index is 0.626.